The summed E-state index contributed by atoms with van der Waals surface area (Å²) in [5.74, 6) is 0. The van der Waals surface area contributed by atoms with Crippen molar-refractivity contribution in [1.29, 1.82) is 0 Å². The first-order valence-electron chi connectivity index (χ1n) is 9.12. The van der Waals surface area contributed by atoms with Gasteiger partial charge in [-0.25, -0.2) is 4.79 Å². The van der Waals surface area contributed by atoms with Crippen molar-refractivity contribution < 1.29 is 24.6 Å². The molecule has 2 aromatic heterocycles. The summed E-state index contributed by atoms with van der Waals surface area (Å²) >= 11 is 0. The number of aliphatic hydroxyl groups is 3. The van der Waals surface area contributed by atoms with Gasteiger partial charge < -0.3 is 25.1 Å². The monoisotopic (exact) mass is 399 g/mol. The van der Waals surface area contributed by atoms with Gasteiger partial charge in [-0.15, -0.1) is 0 Å². The van der Waals surface area contributed by atoms with Crippen LogP contribution < -0.4 is 16.4 Å². The number of hydrogen-bond donors (Lipinski definition) is 5. The first-order valence-corrected chi connectivity index (χ1v) is 9.12. The summed E-state index contributed by atoms with van der Waals surface area (Å²) in [5.41, 5.74) is 5.04. The zero-order chi connectivity index (χ0) is 20.5. The SMILES string of the molecule is Cc1c(-c2ccncc2)c(=O)oc2cc(NC3NOC(CO)[C@H](O)C3O)ccc12. The third kappa shape index (κ3) is 3.61. The van der Waals surface area contributed by atoms with Gasteiger partial charge in [0.25, 0.3) is 0 Å². The topological polar surface area (TPSA) is 137 Å². The number of nitrogens with zero attached hydrogens (tertiary/aromatic N) is 1. The molecule has 1 fully saturated rings. The molecule has 0 bridgehead atoms. The van der Waals surface area contributed by atoms with Gasteiger partial charge in [0.1, 0.15) is 30.1 Å². The Morgan fingerprint density at radius 1 is 1.17 bits per heavy atom. The molecule has 29 heavy (non-hydrogen) atoms. The van der Waals surface area contributed by atoms with Crippen molar-refractivity contribution in [1.82, 2.24) is 10.5 Å². The Morgan fingerprint density at radius 3 is 2.66 bits per heavy atom. The van der Waals surface area contributed by atoms with Crippen LogP contribution in [0.4, 0.5) is 5.69 Å². The minimum Gasteiger partial charge on any atom is -0.422 e. The number of nitrogens with one attached hydrogen (secondary N) is 2. The standard InChI is InChI=1S/C20H21N3O6/c1-10-13-3-2-12(22-19-18(26)17(25)15(9-24)29-23-19)8-14(13)28-20(27)16(10)11-4-6-21-7-5-11/h2-8,15,17-19,22-26H,9H2,1H3/t15?,17-,18?,19?/m0/s1. The molecule has 0 spiro atoms. The van der Waals surface area contributed by atoms with Crippen LogP contribution in [0.5, 0.6) is 0 Å². The van der Waals surface area contributed by atoms with E-state index in [0.29, 0.717) is 16.8 Å². The molecule has 9 nitrogen and oxygen atoms in total. The summed E-state index contributed by atoms with van der Waals surface area (Å²) < 4.78 is 5.53. The number of aryl methyl sites for hydroxylation is 1. The van der Waals surface area contributed by atoms with Crippen molar-refractivity contribution in [3.8, 4) is 11.1 Å². The molecule has 3 heterocycles. The van der Waals surface area contributed by atoms with E-state index in [1.54, 1.807) is 36.7 Å². The van der Waals surface area contributed by atoms with Crippen LogP contribution in [0.2, 0.25) is 0 Å². The van der Waals surface area contributed by atoms with E-state index < -0.39 is 36.7 Å². The minimum atomic E-state index is -1.26. The number of hydrogen-bond acceptors (Lipinski definition) is 9. The van der Waals surface area contributed by atoms with E-state index in [9.17, 15) is 15.0 Å². The lowest BCUT2D eigenvalue weighted by molar-refractivity contribution is -0.197. The molecule has 0 saturated carbocycles. The largest absolute Gasteiger partial charge is 0.422 e. The smallest absolute Gasteiger partial charge is 0.344 e. The summed E-state index contributed by atoms with van der Waals surface area (Å²) in [6.07, 6.45) is -1.000. The highest BCUT2D eigenvalue weighted by Crippen LogP contribution is 2.28. The quantitative estimate of drug-likeness (QED) is 0.398. The molecule has 0 aliphatic carbocycles. The Labute approximate surface area is 165 Å². The molecule has 0 amide bonds. The van der Waals surface area contributed by atoms with Crippen molar-refractivity contribution in [2.24, 2.45) is 0 Å². The van der Waals surface area contributed by atoms with Crippen LogP contribution in [0.15, 0.2) is 51.9 Å². The third-order valence-corrected chi connectivity index (χ3v) is 5.06. The van der Waals surface area contributed by atoms with E-state index in [1.807, 2.05) is 13.0 Å². The molecular formula is C20H21N3O6. The zero-order valence-corrected chi connectivity index (χ0v) is 15.6. The van der Waals surface area contributed by atoms with Gasteiger partial charge in [0.15, 0.2) is 0 Å². The molecule has 3 unspecified atom stereocenters. The minimum absolute atomic E-state index is 0.385. The van der Waals surface area contributed by atoms with Crippen molar-refractivity contribution in [2.75, 3.05) is 11.9 Å². The maximum Gasteiger partial charge on any atom is 0.344 e. The predicted octanol–water partition coefficient (Wildman–Crippen LogP) is 0.519. The van der Waals surface area contributed by atoms with Gasteiger partial charge in [-0.3, -0.25) is 9.82 Å². The van der Waals surface area contributed by atoms with Crippen molar-refractivity contribution in [3.63, 3.8) is 0 Å². The van der Waals surface area contributed by atoms with Crippen LogP contribution in [0.1, 0.15) is 5.56 Å². The van der Waals surface area contributed by atoms with E-state index in [2.05, 4.69) is 15.8 Å². The number of hydroxylamine groups is 1. The molecule has 1 saturated heterocycles. The van der Waals surface area contributed by atoms with E-state index in [-0.39, 0.29) is 0 Å². The average molecular weight is 399 g/mol. The second-order valence-electron chi connectivity index (χ2n) is 6.90. The van der Waals surface area contributed by atoms with Crippen LogP contribution in [0, 0.1) is 6.92 Å². The molecule has 9 heteroatoms. The Morgan fingerprint density at radius 2 is 1.93 bits per heavy atom. The highest BCUT2D eigenvalue weighted by Gasteiger charge is 2.38. The van der Waals surface area contributed by atoms with Crippen molar-refractivity contribution in [2.45, 2.75) is 31.4 Å². The van der Waals surface area contributed by atoms with Crippen LogP contribution in [0.25, 0.3) is 22.1 Å². The van der Waals surface area contributed by atoms with Gasteiger partial charge in [-0.1, -0.05) is 0 Å². The van der Waals surface area contributed by atoms with Gasteiger partial charge in [0.2, 0.25) is 0 Å². The third-order valence-electron chi connectivity index (χ3n) is 5.06. The lowest BCUT2D eigenvalue weighted by Crippen LogP contribution is -2.62. The van der Waals surface area contributed by atoms with E-state index in [4.69, 9.17) is 14.4 Å². The van der Waals surface area contributed by atoms with E-state index in [0.717, 1.165) is 16.5 Å². The van der Waals surface area contributed by atoms with Crippen molar-refractivity contribution in [3.05, 3.63) is 58.7 Å². The molecule has 0 radical (unpaired) electrons. The van der Waals surface area contributed by atoms with E-state index >= 15 is 0 Å². The van der Waals surface area contributed by atoms with Crippen molar-refractivity contribution >= 4 is 16.7 Å². The number of fused-ring (bicyclic) bond motifs is 1. The number of aromatic nitrogens is 1. The molecule has 4 atom stereocenters. The number of pyridine rings is 1. The van der Waals surface area contributed by atoms with Gasteiger partial charge >= 0.3 is 5.63 Å². The normalized spacial score (nSPS) is 24.6. The molecular weight excluding hydrogens is 378 g/mol. The Kier molecular flexibility index (Phi) is 5.31. The Bertz CT molecular complexity index is 1070. The zero-order valence-electron chi connectivity index (χ0n) is 15.6. The van der Waals surface area contributed by atoms with Crippen LogP contribution >= 0.6 is 0 Å². The van der Waals surface area contributed by atoms with Crippen LogP contribution in [-0.4, -0.2) is 51.4 Å². The maximum absolute atomic E-state index is 12.6. The average Bonchev–Trinajstić information content (AvgIpc) is 2.72. The molecule has 152 valence electrons. The summed E-state index contributed by atoms with van der Waals surface area (Å²) in [5, 5.41) is 33.1. The second kappa shape index (κ2) is 7.90. The van der Waals surface area contributed by atoms with Crippen LogP contribution in [-0.2, 0) is 4.84 Å². The van der Waals surface area contributed by atoms with Crippen LogP contribution in [0.3, 0.4) is 0 Å². The van der Waals surface area contributed by atoms with E-state index in [1.165, 1.54) is 0 Å². The first kappa shape index (κ1) is 19.5. The summed E-state index contributed by atoms with van der Waals surface area (Å²) in [6, 6.07) is 8.72. The molecule has 3 aromatic rings. The highest BCUT2D eigenvalue weighted by molar-refractivity contribution is 5.88. The fraction of sp³-hybridized carbons (Fsp3) is 0.300. The lowest BCUT2D eigenvalue weighted by atomic mass is 10.00. The lowest BCUT2D eigenvalue weighted by Gasteiger charge is -2.37. The number of aliphatic hydroxyl groups excluding tert-OH is 3. The molecule has 1 aromatic carbocycles. The summed E-state index contributed by atoms with van der Waals surface area (Å²) in [6.45, 7) is 1.42. The summed E-state index contributed by atoms with van der Waals surface area (Å²) in [7, 11) is 0. The predicted molar refractivity (Wildman–Crippen MR) is 105 cm³/mol. The van der Waals surface area contributed by atoms with Gasteiger partial charge in [0.05, 0.1) is 12.2 Å². The van der Waals surface area contributed by atoms with Gasteiger partial charge in [-0.2, -0.15) is 5.48 Å². The Balaban J connectivity index is 1.65. The molecule has 5 N–H and O–H groups in total. The molecule has 4 rings (SSSR count). The summed E-state index contributed by atoms with van der Waals surface area (Å²) in [4.78, 5) is 21.7. The van der Waals surface area contributed by atoms with Gasteiger partial charge in [-0.05, 0) is 42.3 Å². The highest BCUT2D eigenvalue weighted by atomic mass is 16.7. The maximum atomic E-state index is 12.6. The number of benzene rings is 1. The second-order valence-corrected chi connectivity index (χ2v) is 6.90. The number of rotatable bonds is 4. The first-order chi connectivity index (χ1) is 14.0. The molecule has 1 aliphatic heterocycles. The fourth-order valence-corrected chi connectivity index (χ4v) is 3.45. The molecule has 1 aliphatic rings. The fourth-order valence-electron chi connectivity index (χ4n) is 3.45. The van der Waals surface area contributed by atoms with Gasteiger partial charge in [0, 0.05) is 29.5 Å². The number of anilines is 1. The Hall–Kier alpha value is -2.82.